The molecule has 0 aromatic heterocycles. The summed E-state index contributed by atoms with van der Waals surface area (Å²) >= 11 is 4.29. The average Bonchev–Trinajstić information content (AvgIpc) is 3.02. The van der Waals surface area contributed by atoms with E-state index in [1.165, 1.54) is 50.0 Å². The molecule has 0 aromatic carbocycles. The van der Waals surface area contributed by atoms with Gasteiger partial charge in [0.15, 0.2) is 0 Å². The maximum atomic E-state index is 2.44. The van der Waals surface area contributed by atoms with Crippen LogP contribution >= 0.6 is 23.5 Å². The molecule has 3 atom stereocenters. The van der Waals surface area contributed by atoms with Crippen LogP contribution in [0.25, 0.3) is 0 Å². The first-order valence-corrected chi connectivity index (χ1v) is 8.17. The van der Waals surface area contributed by atoms with Crippen LogP contribution in [0.5, 0.6) is 0 Å². The van der Waals surface area contributed by atoms with Crippen LogP contribution in [0.15, 0.2) is 0 Å². The summed E-state index contributed by atoms with van der Waals surface area (Å²) in [7, 11) is 0. The molecule has 2 aliphatic heterocycles. The first-order valence-electron chi connectivity index (χ1n) is 6.08. The van der Waals surface area contributed by atoms with Gasteiger partial charge in [-0.05, 0) is 25.2 Å². The van der Waals surface area contributed by atoms with Crippen molar-refractivity contribution in [1.29, 1.82) is 0 Å². The molecule has 2 rings (SSSR count). The molecule has 0 radical (unpaired) electrons. The van der Waals surface area contributed by atoms with Gasteiger partial charge in [0.05, 0.1) is 0 Å². The van der Waals surface area contributed by atoms with Gasteiger partial charge in [-0.25, -0.2) is 0 Å². The van der Waals surface area contributed by atoms with Crippen molar-refractivity contribution in [3.8, 4) is 0 Å². The third-order valence-electron chi connectivity index (χ3n) is 3.26. The molecule has 14 heavy (non-hydrogen) atoms. The van der Waals surface area contributed by atoms with Crippen molar-refractivity contribution in [3.63, 3.8) is 0 Å². The zero-order chi connectivity index (χ0) is 9.80. The van der Waals surface area contributed by atoms with Crippen LogP contribution in [0.2, 0.25) is 0 Å². The standard InChI is InChI=1S/C12H22S2/c1-10(6-7-12-9-14-12)4-2-3-5-11-8-13-11/h10-12H,2-9H2,1H3. The monoisotopic (exact) mass is 230 g/mol. The summed E-state index contributed by atoms with van der Waals surface area (Å²) in [5.41, 5.74) is 0. The van der Waals surface area contributed by atoms with E-state index in [-0.39, 0.29) is 0 Å². The van der Waals surface area contributed by atoms with E-state index in [2.05, 4.69) is 30.4 Å². The van der Waals surface area contributed by atoms with E-state index in [4.69, 9.17) is 0 Å². The van der Waals surface area contributed by atoms with Crippen LogP contribution in [0.4, 0.5) is 0 Å². The second kappa shape index (κ2) is 5.69. The Hall–Kier alpha value is 0.700. The topological polar surface area (TPSA) is 0 Å². The molecule has 0 spiro atoms. The SMILES string of the molecule is CC(CCCCC1CS1)CCC1CS1. The van der Waals surface area contributed by atoms with Crippen LogP contribution < -0.4 is 0 Å². The number of rotatable bonds is 8. The molecule has 82 valence electrons. The summed E-state index contributed by atoms with van der Waals surface area (Å²) in [6, 6.07) is 0. The van der Waals surface area contributed by atoms with E-state index >= 15 is 0 Å². The fraction of sp³-hybridized carbons (Fsp3) is 1.00. The molecule has 0 amide bonds. The van der Waals surface area contributed by atoms with Crippen molar-refractivity contribution < 1.29 is 0 Å². The number of thioether (sulfide) groups is 2. The Morgan fingerprint density at radius 3 is 2.29 bits per heavy atom. The lowest BCUT2D eigenvalue weighted by Crippen LogP contribution is -1.97. The molecule has 2 aliphatic rings. The molecule has 0 aromatic rings. The van der Waals surface area contributed by atoms with Gasteiger partial charge in [0, 0.05) is 22.0 Å². The predicted octanol–water partition coefficient (Wildman–Crippen LogP) is 4.19. The maximum absolute atomic E-state index is 2.44. The molecule has 2 heterocycles. The smallest absolute Gasteiger partial charge is 0.0138 e. The average molecular weight is 230 g/mol. The van der Waals surface area contributed by atoms with Crippen molar-refractivity contribution >= 4 is 23.5 Å². The first-order chi connectivity index (χ1) is 6.84. The summed E-state index contributed by atoms with van der Waals surface area (Å²) in [6.07, 6.45) is 8.92. The third-order valence-corrected chi connectivity index (χ3v) is 5.34. The zero-order valence-corrected chi connectivity index (χ0v) is 10.8. The summed E-state index contributed by atoms with van der Waals surface area (Å²) in [4.78, 5) is 0. The highest BCUT2D eigenvalue weighted by Crippen LogP contribution is 2.36. The summed E-state index contributed by atoms with van der Waals surface area (Å²) in [5.74, 6) is 3.89. The van der Waals surface area contributed by atoms with Gasteiger partial charge in [-0.15, -0.1) is 0 Å². The minimum atomic E-state index is 0.989. The Kier molecular flexibility index (Phi) is 4.55. The largest absolute Gasteiger partial charge is 0.157 e. The van der Waals surface area contributed by atoms with Crippen molar-refractivity contribution in [2.24, 2.45) is 5.92 Å². The van der Waals surface area contributed by atoms with Crippen molar-refractivity contribution in [3.05, 3.63) is 0 Å². The second-order valence-electron chi connectivity index (χ2n) is 4.88. The highest BCUT2D eigenvalue weighted by Gasteiger charge is 2.23. The summed E-state index contributed by atoms with van der Waals surface area (Å²) in [5, 5.41) is 2.12. The molecule has 0 N–H and O–H groups in total. The minimum absolute atomic E-state index is 0.989. The van der Waals surface area contributed by atoms with Gasteiger partial charge in [0.25, 0.3) is 0 Å². The Bertz CT molecular complexity index is 162. The van der Waals surface area contributed by atoms with E-state index in [1.807, 2.05) is 0 Å². The molecular formula is C12H22S2. The molecule has 0 aliphatic carbocycles. The van der Waals surface area contributed by atoms with Crippen LogP contribution in [-0.4, -0.2) is 22.0 Å². The summed E-state index contributed by atoms with van der Waals surface area (Å²) in [6.45, 7) is 2.44. The van der Waals surface area contributed by atoms with Crippen molar-refractivity contribution in [2.45, 2.75) is 55.9 Å². The van der Waals surface area contributed by atoms with E-state index in [0.29, 0.717) is 0 Å². The van der Waals surface area contributed by atoms with E-state index in [1.54, 1.807) is 0 Å². The second-order valence-corrected chi connectivity index (χ2v) is 7.54. The van der Waals surface area contributed by atoms with E-state index < -0.39 is 0 Å². The van der Waals surface area contributed by atoms with E-state index in [9.17, 15) is 0 Å². The third kappa shape index (κ3) is 4.97. The van der Waals surface area contributed by atoms with Crippen molar-refractivity contribution in [2.75, 3.05) is 11.5 Å². The van der Waals surface area contributed by atoms with Gasteiger partial charge < -0.3 is 0 Å². The Morgan fingerprint density at radius 1 is 1.00 bits per heavy atom. The van der Waals surface area contributed by atoms with Crippen LogP contribution in [0.1, 0.15) is 45.4 Å². The van der Waals surface area contributed by atoms with Gasteiger partial charge >= 0.3 is 0 Å². The predicted molar refractivity (Wildman–Crippen MR) is 69.4 cm³/mol. The minimum Gasteiger partial charge on any atom is -0.157 e. The number of unbranched alkanes of at least 4 members (excludes halogenated alkanes) is 1. The van der Waals surface area contributed by atoms with Crippen LogP contribution in [0.3, 0.4) is 0 Å². The summed E-state index contributed by atoms with van der Waals surface area (Å²) < 4.78 is 0. The highest BCUT2D eigenvalue weighted by molar-refractivity contribution is 8.07. The molecular weight excluding hydrogens is 208 g/mol. The van der Waals surface area contributed by atoms with Crippen molar-refractivity contribution in [1.82, 2.24) is 0 Å². The Morgan fingerprint density at radius 2 is 1.64 bits per heavy atom. The lowest BCUT2D eigenvalue weighted by atomic mass is 9.97. The highest BCUT2D eigenvalue weighted by atomic mass is 32.2. The Balaban J connectivity index is 1.38. The Labute approximate surface area is 97.0 Å². The van der Waals surface area contributed by atoms with E-state index in [0.717, 1.165) is 16.4 Å². The lowest BCUT2D eigenvalue weighted by molar-refractivity contribution is 0.453. The lowest BCUT2D eigenvalue weighted by Gasteiger charge is -2.09. The van der Waals surface area contributed by atoms with Gasteiger partial charge in [-0.3, -0.25) is 0 Å². The number of hydrogen-bond acceptors (Lipinski definition) is 2. The molecule has 0 nitrogen and oxygen atoms in total. The normalized spacial score (nSPS) is 31.5. The van der Waals surface area contributed by atoms with Gasteiger partial charge in [-0.2, -0.15) is 23.5 Å². The molecule has 2 fully saturated rings. The van der Waals surface area contributed by atoms with Crippen LogP contribution in [-0.2, 0) is 0 Å². The maximum Gasteiger partial charge on any atom is 0.0138 e. The molecule has 0 saturated carbocycles. The van der Waals surface area contributed by atoms with Crippen LogP contribution in [0, 0.1) is 5.92 Å². The van der Waals surface area contributed by atoms with Gasteiger partial charge in [0.1, 0.15) is 0 Å². The molecule has 3 unspecified atom stereocenters. The first kappa shape index (κ1) is 11.2. The molecule has 2 heteroatoms. The zero-order valence-electron chi connectivity index (χ0n) is 9.21. The molecule has 2 saturated heterocycles. The quantitative estimate of drug-likeness (QED) is 0.453. The van der Waals surface area contributed by atoms with Gasteiger partial charge in [-0.1, -0.05) is 26.2 Å². The van der Waals surface area contributed by atoms with Gasteiger partial charge in [0.2, 0.25) is 0 Å². The fourth-order valence-electron chi connectivity index (χ4n) is 1.95. The fourth-order valence-corrected chi connectivity index (χ4v) is 3.19. The number of hydrogen-bond donors (Lipinski definition) is 0. The molecule has 0 bridgehead atoms.